The van der Waals surface area contributed by atoms with Crippen molar-refractivity contribution in [3.63, 3.8) is 0 Å². The van der Waals surface area contributed by atoms with Crippen molar-refractivity contribution in [1.29, 1.82) is 0 Å². The highest BCUT2D eigenvalue weighted by atomic mass is 127. The number of carboxylic acids is 1. The minimum Gasteiger partial charge on any atom is -0.477 e. The van der Waals surface area contributed by atoms with Crippen LogP contribution in [-0.2, 0) is 0 Å². The summed E-state index contributed by atoms with van der Waals surface area (Å²) in [6, 6.07) is 3.64. The lowest BCUT2D eigenvalue weighted by molar-refractivity contribution is 0.0694. The predicted octanol–water partition coefficient (Wildman–Crippen LogP) is 0.968. The summed E-state index contributed by atoms with van der Waals surface area (Å²) in [6.07, 6.45) is 0.916. The highest BCUT2D eigenvalue weighted by Crippen LogP contribution is 2.16. The molecule has 98 valence electrons. The second-order valence-corrected chi connectivity index (χ2v) is 4.74. The van der Waals surface area contributed by atoms with Crippen LogP contribution in [0.4, 0.5) is 4.39 Å². The third-order valence-electron chi connectivity index (χ3n) is 2.34. The lowest BCUT2D eigenvalue weighted by atomic mass is 10.3. The van der Waals surface area contributed by atoms with E-state index in [0.717, 1.165) is 16.8 Å². The van der Waals surface area contributed by atoms with Crippen LogP contribution in [0.25, 0.3) is 5.69 Å². The van der Waals surface area contributed by atoms with Crippen LogP contribution in [0.15, 0.2) is 34.0 Å². The number of aromatic carboxylic acids is 1. The number of carboxylic acid groups (broad SMARTS) is 1. The maximum atomic E-state index is 13.0. The first-order valence-corrected chi connectivity index (χ1v) is 6.02. The molecule has 0 spiro atoms. The van der Waals surface area contributed by atoms with E-state index in [-0.39, 0.29) is 5.69 Å². The number of aromatic amines is 1. The third-order valence-corrected chi connectivity index (χ3v) is 3.21. The molecule has 2 rings (SSSR count). The van der Waals surface area contributed by atoms with E-state index in [1.165, 1.54) is 12.1 Å². The van der Waals surface area contributed by atoms with Crippen LogP contribution >= 0.6 is 22.6 Å². The Balaban J connectivity index is 2.75. The molecule has 0 radical (unpaired) electrons. The number of hydrogen-bond donors (Lipinski definition) is 2. The van der Waals surface area contributed by atoms with Gasteiger partial charge in [-0.1, -0.05) is 0 Å². The Kier molecular flexibility index (Phi) is 3.51. The Bertz CT molecular complexity index is 781. The first-order valence-electron chi connectivity index (χ1n) is 4.95. The van der Waals surface area contributed by atoms with E-state index >= 15 is 0 Å². The molecule has 0 fully saturated rings. The van der Waals surface area contributed by atoms with Crippen LogP contribution in [0.3, 0.4) is 0 Å². The van der Waals surface area contributed by atoms with Gasteiger partial charge in [0.15, 0.2) is 0 Å². The maximum absolute atomic E-state index is 13.0. The van der Waals surface area contributed by atoms with Gasteiger partial charge in [0.25, 0.3) is 5.56 Å². The number of aromatic nitrogens is 2. The number of nitrogens with one attached hydrogen (secondary N) is 1. The average molecular weight is 376 g/mol. The van der Waals surface area contributed by atoms with Gasteiger partial charge < -0.3 is 5.11 Å². The van der Waals surface area contributed by atoms with Gasteiger partial charge in [-0.15, -0.1) is 0 Å². The van der Waals surface area contributed by atoms with Crippen LogP contribution in [0.5, 0.6) is 0 Å². The molecule has 1 aromatic heterocycles. The van der Waals surface area contributed by atoms with Crippen LogP contribution in [0, 0.1) is 9.39 Å². The highest BCUT2D eigenvalue weighted by Gasteiger charge is 2.13. The lowest BCUT2D eigenvalue weighted by Crippen LogP contribution is -2.32. The van der Waals surface area contributed by atoms with Gasteiger partial charge in [0, 0.05) is 9.77 Å². The van der Waals surface area contributed by atoms with Crippen LogP contribution in [-0.4, -0.2) is 20.6 Å². The van der Waals surface area contributed by atoms with Crippen molar-refractivity contribution in [3.8, 4) is 5.69 Å². The molecule has 0 atom stereocenters. The average Bonchev–Trinajstić information content (AvgIpc) is 2.30. The Labute approximate surface area is 118 Å². The standard InChI is InChI=1S/C11H6FIN2O4/c12-5-1-2-8(7(13)3-5)15-4-6(10(17)18)9(16)14-11(15)19/h1-4H,(H,17,18)(H,14,16,19). The summed E-state index contributed by atoms with van der Waals surface area (Å²) in [5, 5.41) is 8.84. The van der Waals surface area contributed by atoms with Gasteiger partial charge in [-0.2, -0.15) is 0 Å². The normalized spacial score (nSPS) is 10.4. The lowest BCUT2D eigenvalue weighted by Gasteiger charge is -2.08. The molecular weight excluding hydrogens is 370 g/mol. The second-order valence-electron chi connectivity index (χ2n) is 3.57. The molecule has 0 saturated heterocycles. The van der Waals surface area contributed by atoms with E-state index in [1.54, 1.807) is 22.6 Å². The molecular formula is C11H6FIN2O4. The summed E-state index contributed by atoms with van der Waals surface area (Å²) in [4.78, 5) is 35.7. The fourth-order valence-electron chi connectivity index (χ4n) is 1.48. The van der Waals surface area contributed by atoms with Crippen molar-refractivity contribution < 1.29 is 14.3 Å². The SMILES string of the molecule is O=C(O)c1cn(-c2ccc(F)cc2I)c(=O)[nH]c1=O. The number of benzene rings is 1. The van der Waals surface area contributed by atoms with E-state index in [2.05, 4.69) is 0 Å². The Morgan fingerprint density at radius 1 is 1.37 bits per heavy atom. The fraction of sp³-hybridized carbons (Fsp3) is 0. The van der Waals surface area contributed by atoms with Crippen molar-refractivity contribution in [1.82, 2.24) is 9.55 Å². The zero-order chi connectivity index (χ0) is 14.2. The molecule has 0 bridgehead atoms. The maximum Gasteiger partial charge on any atom is 0.342 e. The number of rotatable bonds is 2. The molecule has 0 amide bonds. The smallest absolute Gasteiger partial charge is 0.342 e. The zero-order valence-electron chi connectivity index (χ0n) is 9.18. The molecule has 19 heavy (non-hydrogen) atoms. The van der Waals surface area contributed by atoms with Gasteiger partial charge in [0.05, 0.1) is 5.69 Å². The third kappa shape index (κ3) is 2.57. The highest BCUT2D eigenvalue weighted by molar-refractivity contribution is 14.1. The van der Waals surface area contributed by atoms with E-state index in [9.17, 15) is 18.8 Å². The summed E-state index contributed by atoms with van der Waals surface area (Å²) < 4.78 is 14.3. The summed E-state index contributed by atoms with van der Waals surface area (Å²) in [5.41, 5.74) is -2.06. The van der Waals surface area contributed by atoms with Gasteiger partial charge in [0.2, 0.25) is 0 Å². The van der Waals surface area contributed by atoms with Gasteiger partial charge >= 0.3 is 11.7 Å². The summed E-state index contributed by atoms with van der Waals surface area (Å²) >= 11 is 1.80. The van der Waals surface area contributed by atoms with Crippen molar-refractivity contribution >= 4 is 28.6 Å². The Morgan fingerprint density at radius 3 is 2.63 bits per heavy atom. The van der Waals surface area contributed by atoms with Crippen LogP contribution < -0.4 is 11.2 Å². The first kappa shape index (κ1) is 13.5. The molecule has 0 aliphatic carbocycles. The summed E-state index contributed by atoms with van der Waals surface area (Å²) in [7, 11) is 0. The molecule has 0 aliphatic heterocycles. The number of carbonyl (C=O) groups is 1. The summed E-state index contributed by atoms with van der Waals surface area (Å²) in [6.45, 7) is 0. The molecule has 1 heterocycles. The predicted molar refractivity (Wildman–Crippen MR) is 72.3 cm³/mol. The summed E-state index contributed by atoms with van der Waals surface area (Å²) in [5.74, 6) is -1.93. The minimum absolute atomic E-state index is 0.283. The van der Waals surface area contributed by atoms with E-state index in [4.69, 9.17) is 5.11 Å². The fourth-order valence-corrected chi connectivity index (χ4v) is 2.22. The van der Waals surface area contributed by atoms with E-state index < -0.39 is 28.6 Å². The molecule has 2 N–H and O–H groups in total. The largest absolute Gasteiger partial charge is 0.477 e. The monoisotopic (exact) mass is 376 g/mol. The van der Waals surface area contributed by atoms with Gasteiger partial charge in [-0.3, -0.25) is 14.3 Å². The number of halogens is 2. The first-order chi connectivity index (χ1) is 8.90. The minimum atomic E-state index is -1.45. The van der Waals surface area contributed by atoms with Crippen molar-refractivity contribution in [2.24, 2.45) is 0 Å². The Morgan fingerprint density at radius 2 is 2.05 bits per heavy atom. The van der Waals surface area contributed by atoms with Gasteiger partial charge in [-0.25, -0.2) is 14.0 Å². The van der Waals surface area contributed by atoms with Crippen LogP contribution in [0.1, 0.15) is 10.4 Å². The van der Waals surface area contributed by atoms with Crippen LogP contribution in [0.2, 0.25) is 0 Å². The van der Waals surface area contributed by atoms with Crippen molar-refractivity contribution in [3.05, 3.63) is 60.2 Å². The van der Waals surface area contributed by atoms with Crippen molar-refractivity contribution in [2.75, 3.05) is 0 Å². The van der Waals surface area contributed by atoms with E-state index in [0.29, 0.717) is 3.57 Å². The number of hydrogen-bond acceptors (Lipinski definition) is 3. The quantitative estimate of drug-likeness (QED) is 0.765. The molecule has 2 aromatic rings. The number of H-pyrrole nitrogens is 1. The molecule has 8 heteroatoms. The van der Waals surface area contributed by atoms with Crippen molar-refractivity contribution in [2.45, 2.75) is 0 Å². The van der Waals surface area contributed by atoms with Gasteiger partial charge in [-0.05, 0) is 40.8 Å². The number of nitrogens with zero attached hydrogens (tertiary/aromatic N) is 1. The molecule has 0 aliphatic rings. The molecule has 0 unspecified atom stereocenters. The second kappa shape index (κ2) is 4.96. The van der Waals surface area contributed by atoms with E-state index in [1.807, 2.05) is 4.98 Å². The zero-order valence-corrected chi connectivity index (χ0v) is 11.3. The van der Waals surface area contributed by atoms with Gasteiger partial charge in [0.1, 0.15) is 11.4 Å². The molecule has 0 saturated carbocycles. The Hall–Kier alpha value is -1.97. The molecule has 6 nitrogen and oxygen atoms in total. The molecule has 1 aromatic carbocycles. The topological polar surface area (TPSA) is 92.2 Å².